The Morgan fingerprint density at radius 3 is 2.17 bits per heavy atom. The molecule has 94 valence electrons. The summed E-state index contributed by atoms with van der Waals surface area (Å²) in [6.45, 7) is 0.665. The van der Waals surface area contributed by atoms with Crippen molar-refractivity contribution in [2.75, 3.05) is 5.73 Å². The van der Waals surface area contributed by atoms with Crippen LogP contribution in [0.4, 0.5) is 11.4 Å². The highest BCUT2D eigenvalue weighted by Crippen LogP contribution is 2.11. The average Bonchev–Trinajstić information content (AvgIpc) is 2.33. The number of nitrogens with two attached hydrogens (primary N) is 1. The van der Waals surface area contributed by atoms with Crippen LogP contribution in [0.3, 0.4) is 0 Å². The van der Waals surface area contributed by atoms with E-state index in [1.807, 2.05) is 29.1 Å². The van der Waals surface area contributed by atoms with Crippen molar-refractivity contribution in [3.05, 3.63) is 64.5 Å². The van der Waals surface area contributed by atoms with Crippen LogP contribution in [0.25, 0.3) is 0 Å². The first-order valence-electron chi connectivity index (χ1n) is 5.13. The highest BCUT2D eigenvalue weighted by Gasteiger charge is 2.06. The van der Waals surface area contributed by atoms with Gasteiger partial charge in [0.05, 0.1) is 4.92 Å². The fraction of sp³-hybridized carbons (Fsp3) is 0.0833. The van der Waals surface area contributed by atoms with E-state index in [0.29, 0.717) is 12.2 Å². The minimum atomic E-state index is -0.403. The molecule has 1 heterocycles. The number of nitrogen functional groups attached to an aromatic ring is 1. The summed E-state index contributed by atoms with van der Waals surface area (Å²) in [5, 5.41) is 10.5. The molecule has 0 fully saturated rings. The van der Waals surface area contributed by atoms with Crippen molar-refractivity contribution in [1.82, 2.24) is 0 Å². The van der Waals surface area contributed by atoms with E-state index in [1.165, 1.54) is 12.1 Å². The second-order valence-corrected chi connectivity index (χ2v) is 3.73. The van der Waals surface area contributed by atoms with Crippen LogP contribution in [0, 0.1) is 10.1 Å². The minimum Gasteiger partial charge on any atom is -1.00 e. The third-order valence-electron chi connectivity index (χ3n) is 2.43. The molecule has 1 aromatic carbocycles. The largest absolute Gasteiger partial charge is 1.00 e. The minimum absolute atomic E-state index is 0. The van der Waals surface area contributed by atoms with Crippen LogP contribution < -0.4 is 22.7 Å². The van der Waals surface area contributed by atoms with Gasteiger partial charge in [0, 0.05) is 35.5 Å². The number of non-ortho nitro benzene ring substituents is 1. The molecule has 0 aliphatic heterocycles. The third-order valence-corrected chi connectivity index (χ3v) is 2.43. The van der Waals surface area contributed by atoms with Gasteiger partial charge < -0.3 is 18.1 Å². The van der Waals surface area contributed by atoms with Gasteiger partial charge in [-0.1, -0.05) is 0 Å². The van der Waals surface area contributed by atoms with Crippen LogP contribution >= 0.6 is 0 Å². The number of hydrogen-bond donors (Lipinski definition) is 1. The smallest absolute Gasteiger partial charge is 0.269 e. The Hall–Kier alpha value is -2.14. The van der Waals surface area contributed by atoms with E-state index in [0.717, 1.165) is 5.56 Å². The molecular formula is C12H12ClN3O2. The standard InChI is InChI=1S/C12H11N3O2.ClH/c13-11-5-7-14(8-6-11)9-10-1-3-12(4-2-10)15(16)17;/h1-8,13H,9H2;1H. The van der Waals surface area contributed by atoms with Gasteiger partial charge in [0.2, 0.25) is 0 Å². The molecule has 18 heavy (non-hydrogen) atoms. The molecule has 0 saturated heterocycles. The molecule has 0 amide bonds. The van der Waals surface area contributed by atoms with Crippen molar-refractivity contribution >= 4 is 11.4 Å². The summed E-state index contributed by atoms with van der Waals surface area (Å²) in [5.41, 5.74) is 7.41. The fourth-order valence-corrected chi connectivity index (χ4v) is 1.51. The van der Waals surface area contributed by atoms with Crippen molar-refractivity contribution < 1.29 is 21.9 Å². The van der Waals surface area contributed by atoms with Gasteiger partial charge in [0.1, 0.15) is 0 Å². The molecular weight excluding hydrogens is 254 g/mol. The number of nitro groups is 1. The van der Waals surface area contributed by atoms with E-state index in [9.17, 15) is 10.1 Å². The zero-order valence-corrected chi connectivity index (χ0v) is 10.2. The molecule has 0 spiro atoms. The quantitative estimate of drug-likeness (QED) is 0.418. The second kappa shape index (κ2) is 5.97. The first kappa shape index (κ1) is 13.9. The summed E-state index contributed by atoms with van der Waals surface area (Å²) in [7, 11) is 0. The lowest BCUT2D eigenvalue weighted by Crippen LogP contribution is -3.00. The van der Waals surface area contributed by atoms with Gasteiger partial charge in [-0.25, -0.2) is 4.57 Å². The van der Waals surface area contributed by atoms with Crippen molar-refractivity contribution in [3.63, 3.8) is 0 Å². The number of pyridine rings is 1. The predicted molar refractivity (Wildman–Crippen MR) is 63.2 cm³/mol. The van der Waals surface area contributed by atoms with E-state index in [-0.39, 0.29) is 18.1 Å². The predicted octanol–water partition coefficient (Wildman–Crippen LogP) is -1.48. The van der Waals surface area contributed by atoms with E-state index in [2.05, 4.69) is 0 Å². The molecule has 0 atom stereocenters. The van der Waals surface area contributed by atoms with Gasteiger partial charge in [-0.15, -0.1) is 0 Å². The van der Waals surface area contributed by atoms with Gasteiger partial charge in [-0.3, -0.25) is 10.1 Å². The Bertz CT molecular complexity index is 526. The van der Waals surface area contributed by atoms with Crippen LogP contribution in [0.2, 0.25) is 0 Å². The maximum absolute atomic E-state index is 10.5. The Labute approximate surface area is 110 Å². The average molecular weight is 266 g/mol. The summed E-state index contributed by atoms with van der Waals surface area (Å²) in [6, 6.07) is 10.1. The molecule has 0 bridgehead atoms. The molecule has 0 saturated carbocycles. The first-order chi connectivity index (χ1) is 8.15. The topological polar surface area (TPSA) is 73.0 Å². The summed E-state index contributed by atoms with van der Waals surface area (Å²) < 4.78 is 1.96. The Kier molecular flexibility index (Phi) is 4.62. The number of benzene rings is 1. The molecule has 2 aromatic rings. The van der Waals surface area contributed by atoms with Gasteiger partial charge in [0.15, 0.2) is 18.9 Å². The van der Waals surface area contributed by atoms with Crippen LogP contribution in [-0.4, -0.2) is 4.92 Å². The molecule has 2 rings (SSSR count). The second-order valence-electron chi connectivity index (χ2n) is 3.73. The monoisotopic (exact) mass is 265 g/mol. The van der Waals surface area contributed by atoms with Gasteiger partial charge in [-0.2, -0.15) is 0 Å². The summed E-state index contributed by atoms with van der Waals surface area (Å²) >= 11 is 0. The van der Waals surface area contributed by atoms with E-state index >= 15 is 0 Å². The van der Waals surface area contributed by atoms with Crippen molar-refractivity contribution in [2.45, 2.75) is 6.54 Å². The van der Waals surface area contributed by atoms with Crippen molar-refractivity contribution in [2.24, 2.45) is 0 Å². The van der Waals surface area contributed by atoms with Crippen molar-refractivity contribution in [3.8, 4) is 0 Å². The zero-order chi connectivity index (χ0) is 12.3. The molecule has 0 aliphatic carbocycles. The molecule has 1 aromatic heterocycles. The fourth-order valence-electron chi connectivity index (χ4n) is 1.51. The number of nitro benzene ring substituents is 1. The number of aromatic nitrogens is 1. The number of anilines is 1. The van der Waals surface area contributed by atoms with Crippen LogP contribution in [0.15, 0.2) is 48.8 Å². The van der Waals surface area contributed by atoms with Crippen molar-refractivity contribution in [1.29, 1.82) is 0 Å². The molecule has 0 unspecified atom stereocenters. The first-order valence-corrected chi connectivity index (χ1v) is 5.13. The third kappa shape index (κ3) is 3.43. The lowest BCUT2D eigenvalue weighted by Gasteiger charge is -1.98. The highest BCUT2D eigenvalue weighted by atomic mass is 35.5. The van der Waals surface area contributed by atoms with Gasteiger partial charge in [0.25, 0.3) is 5.69 Å². The van der Waals surface area contributed by atoms with E-state index < -0.39 is 4.92 Å². The molecule has 5 nitrogen and oxygen atoms in total. The lowest BCUT2D eigenvalue weighted by molar-refractivity contribution is -0.688. The van der Waals surface area contributed by atoms with Crippen LogP contribution in [-0.2, 0) is 6.54 Å². The maximum atomic E-state index is 10.5. The number of halogens is 1. The summed E-state index contributed by atoms with van der Waals surface area (Å²) in [6.07, 6.45) is 3.74. The molecule has 0 radical (unpaired) electrons. The maximum Gasteiger partial charge on any atom is 0.269 e. The van der Waals surface area contributed by atoms with Gasteiger partial charge >= 0.3 is 0 Å². The Morgan fingerprint density at radius 1 is 1.11 bits per heavy atom. The van der Waals surface area contributed by atoms with E-state index in [1.54, 1.807) is 12.1 Å². The van der Waals surface area contributed by atoms with Crippen LogP contribution in [0.5, 0.6) is 0 Å². The number of nitrogens with zero attached hydrogens (tertiary/aromatic N) is 2. The summed E-state index contributed by atoms with van der Waals surface area (Å²) in [5.74, 6) is 0. The van der Waals surface area contributed by atoms with Gasteiger partial charge in [-0.05, 0) is 12.1 Å². The molecule has 6 heteroatoms. The zero-order valence-electron chi connectivity index (χ0n) is 9.49. The van der Waals surface area contributed by atoms with Crippen LogP contribution in [0.1, 0.15) is 5.56 Å². The lowest BCUT2D eigenvalue weighted by atomic mass is 10.2. The normalized spacial score (nSPS) is 9.56. The SMILES string of the molecule is Nc1cc[n+](Cc2ccc([N+](=O)[O-])cc2)cc1.[Cl-]. The number of hydrogen-bond acceptors (Lipinski definition) is 3. The molecule has 2 N–H and O–H groups in total. The van der Waals surface area contributed by atoms with E-state index in [4.69, 9.17) is 5.73 Å². The summed E-state index contributed by atoms with van der Waals surface area (Å²) in [4.78, 5) is 10.1. The molecule has 0 aliphatic rings. The Morgan fingerprint density at radius 2 is 1.67 bits per heavy atom. The highest BCUT2D eigenvalue weighted by molar-refractivity contribution is 5.33. The number of rotatable bonds is 3. The Balaban J connectivity index is 0.00000162.